The molecule has 1 N–H and O–H groups in total. The highest BCUT2D eigenvalue weighted by Gasteiger charge is 2.59. The Kier molecular flexibility index (Phi) is 12.2. The van der Waals surface area contributed by atoms with Crippen LogP contribution in [0.25, 0.3) is 0 Å². The van der Waals surface area contributed by atoms with Crippen LogP contribution in [-0.4, -0.2) is 11.1 Å². The van der Waals surface area contributed by atoms with Crippen LogP contribution < -0.4 is 0 Å². The number of fused-ring (bicyclic) bond motifs is 5. The third-order valence-corrected chi connectivity index (χ3v) is 15.0. The monoisotopic (exact) mass is 669 g/mol. The Labute approximate surface area is 301 Å². The summed E-state index contributed by atoms with van der Waals surface area (Å²) in [6.07, 6.45) is 34.4. The van der Waals surface area contributed by atoms with Gasteiger partial charge in [-0.3, -0.25) is 0 Å². The molecule has 0 radical (unpaired) electrons. The van der Waals surface area contributed by atoms with Gasteiger partial charge in [0.15, 0.2) is 0 Å². The lowest BCUT2D eigenvalue weighted by Gasteiger charge is -2.58. The maximum atomic E-state index is 11.9. The Hall–Kier alpha value is -2.09. The molecule has 49 heavy (non-hydrogen) atoms. The summed E-state index contributed by atoms with van der Waals surface area (Å²) >= 11 is 0. The third kappa shape index (κ3) is 8.52. The molecule has 1 unspecified atom stereocenters. The molecule has 0 amide bonds. The highest BCUT2D eigenvalue weighted by molar-refractivity contribution is 5.81. The van der Waals surface area contributed by atoms with E-state index >= 15 is 0 Å². The van der Waals surface area contributed by atoms with Gasteiger partial charge in [-0.25, -0.2) is 4.79 Å². The largest absolute Gasteiger partial charge is 0.478 e. The van der Waals surface area contributed by atoms with Crippen molar-refractivity contribution < 1.29 is 9.90 Å². The van der Waals surface area contributed by atoms with Crippen molar-refractivity contribution in [1.29, 1.82) is 0 Å². The Bertz CT molecular complexity index is 1380. The van der Waals surface area contributed by atoms with E-state index in [0.717, 1.165) is 53.9 Å². The molecule has 5 aliphatic rings. The number of carboxylic acids is 1. The topological polar surface area (TPSA) is 37.3 Å². The lowest BCUT2D eigenvalue weighted by Crippen LogP contribution is -2.50. The van der Waals surface area contributed by atoms with Crippen LogP contribution in [0, 0.1) is 57.7 Å². The molecule has 0 bridgehead atoms. The molecule has 0 spiro atoms. The minimum atomic E-state index is -0.836. The van der Waals surface area contributed by atoms with Gasteiger partial charge < -0.3 is 5.11 Å². The molecular weight excluding hydrogens is 597 g/mol. The fourth-order valence-electron chi connectivity index (χ4n) is 12.2. The van der Waals surface area contributed by atoms with Gasteiger partial charge in [-0.05, 0) is 160 Å². The first-order valence-corrected chi connectivity index (χ1v) is 20.5. The zero-order valence-electron chi connectivity index (χ0n) is 33.0. The molecule has 3 fully saturated rings. The highest BCUT2D eigenvalue weighted by atomic mass is 16.4. The predicted molar refractivity (Wildman–Crippen MR) is 209 cm³/mol. The summed E-state index contributed by atoms with van der Waals surface area (Å²) in [6, 6.07) is 0. The van der Waals surface area contributed by atoms with Crippen molar-refractivity contribution >= 4 is 5.97 Å². The van der Waals surface area contributed by atoms with Crippen molar-refractivity contribution in [3.05, 3.63) is 70.4 Å². The summed E-state index contributed by atoms with van der Waals surface area (Å²) < 4.78 is 0. The fraction of sp³-hybridized carbons (Fsp3) is 0.723. The summed E-state index contributed by atoms with van der Waals surface area (Å²) in [5, 5.41) is 9.74. The average Bonchev–Trinajstić information content (AvgIpc) is 3.37. The smallest absolute Gasteiger partial charge is 0.328 e. The van der Waals surface area contributed by atoms with Gasteiger partial charge in [0.25, 0.3) is 0 Å². The summed E-state index contributed by atoms with van der Waals surface area (Å²) in [4.78, 5) is 11.9. The molecule has 2 nitrogen and oxygen atoms in total. The van der Waals surface area contributed by atoms with E-state index in [1.165, 1.54) is 106 Å². The summed E-state index contributed by atoms with van der Waals surface area (Å²) in [5.41, 5.74) is 7.95. The standard InChI is InChI=1S/C47H72O2/c1-32(2)13-10-15-35(5)41-22-23-42-39-20-19-38-30-37(24-27-46(38,8)43(39)25-28-47(41,42)9)29-36(31-44(48)49)17-11-14-33(3)18-21-40-34(4)16-12-26-45(40,6)7/h11,14,17-19,21,31-32,35,37,39,41-43H,10,12-13,15-16,20,22-30H2,1-9H3,(H,48,49)/b17-11+,21-18+,33-14-,36-31-/t35-,37?,39+,41-,42+,43+,46+,47-/m1/s1. The molecule has 8 atom stereocenters. The number of rotatable bonds is 12. The second-order valence-electron chi connectivity index (χ2n) is 19.2. The number of hydrogen-bond donors (Lipinski definition) is 1. The van der Waals surface area contributed by atoms with Crippen LogP contribution in [-0.2, 0) is 4.79 Å². The lowest BCUT2D eigenvalue weighted by atomic mass is 9.46. The van der Waals surface area contributed by atoms with Crippen molar-refractivity contribution in [2.75, 3.05) is 0 Å². The van der Waals surface area contributed by atoms with Crippen LogP contribution in [0.1, 0.15) is 159 Å². The SMILES string of the molecule is CC1=C(/C=C/C(C)=C\C=C\C(=C\C(=O)O)CC2CC[C@@]3(C)C(=CC[C@H]4[C@@H]5CC[C@H]([C@H](C)CCCC(C)C)[C@@]5(C)CC[C@@H]43)C2)C(C)(C)CCC1. The average molecular weight is 669 g/mol. The molecule has 0 saturated heterocycles. The number of carbonyl (C=O) groups is 1. The summed E-state index contributed by atoms with van der Waals surface area (Å²) in [6.45, 7) is 21.8. The summed E-state index contributed by atoms with van der Waals surface area (Å²) in [5.74, 6) is 4.87. The van der Waals surface area contributed by atoms with Crippen LogP contribution in [0.3, 0.4) is 0 Å². The van der Waals surface area contributed by atoms with Crippen molar-refractivity contribution in [2.45, 2.75) is 159 Å². The van der Waals surface area contributed by atoms with Crippen molar-refractivity contribution in [1.82, 2.24) is 0 Å². The lowest BCUT2D eigenvalue weighted by molar-refractivity contribution is -0.131. The Balaban J connectivity index is 1.22. The normalized spacial score (nSPS) is 35.8. The maximum absolute atomic E-state index is 11.9. The van der Waals surface area contributed by atoms with Crippen LogP contribution in [0.2, 0.25) is 0 Å². The number of aliphatic carboxylic acids is 1. The predicted octanol–water partition coefficient (Wildman–Crippen LogP) is 13.6. The van der Waals surface area contributed by atoms with Crippen LogP contribution in [0.4, 0.5) is 0 Å². The highest BCUT2D eigenvalue weighted by Crippen LogP contribution is 2.67. The number of carboxylic acid groups (broad SMARTS) is 1. The zero-order valence-corrected chi connectivity index (χ0v) is 33.0. The van der Waals surface area contributed by atoms with Crippen molar-refractivity contribution in [3.8, 4) is 0 Å². The van der Waals surface area contributed by atoms with E-state index in [9.17, 15) is 9.90 Å². The van der Waals surface area contributed by atoms with Gasteiger partial charge in [0, 0.05) is 6.08 Å². The Morgan fingerprint density at radius 3 is 2.47 bits per heavy atom. The Morgan fingerprint density at radius 2 is 1.76 bits per heavy atom. The van der Waals surface area contributed by atoms with Crippen LogP contribution >= 0.6 is 0 Å². The van der Waals surface area contributed by atoms with Crippen molar-refractivity contribution in [2.24, 2.45) is 57.7 Å². The maximum Gasteiger partial charge on any atom is 0.328 e. The van der Waals surface area contributed by atoms with E-state index < -0.39 is 5.97 Å². The molecule has 272 valence electrons. The number of hydrogen-bond acceptors (Lipinski definition) is 1. The fourth-order valence-corrected chi connectivity index (χ4v) is 12.2. The first-order valence-electron chi connectivity index (χ1n) is 20.5. The minimum absolute atomic E-state index is 0.236. The second-order valence-corrected chi connectivity index (χ2v) is 19.2. The quantitative estimate of drug-likeness (QED) is 0.128. The van der Waals surface area contributed by atoms with Gasteiger partial charge in [0.2, 0.25) is 0 Å². The van der Waals surface area contributed by atoms with Crippen LogP contribution in [0.5, 0.6) is 0 Å². The molecule has 3 saturated carbocycles. The van der Waals surface area contributed by atoms with Gasteiger partial charge >= 0.3 is 5.97 Å². The first-order chi connectivity index (χ1) is 23.1. The molecule has 5 aliphatic carbocycles. The van der Waals surface area contributed by atoms with Gasteiger partial charge in [0.1, 0.15) is 0 Å². The summed E-state index contributed by atoms with van der Waals surface area (Å²) in [7, 11) is 0. The Morgan fingerprint density at radius 1 is 0.980 bits per heavy atom. The molecule has 0 aromatic carbocycles. The van der Waals surface area contributed by atoms with Crippen LogP contribution in [0.15, 0.2) is 70.4 Å². The third-order valence-electron chi connectivity index (χ3n) is 15.0. The van der Waals surface area contributed by atoms with E-state index in [4.69, 9.17) is 0 Å². The molecule has 2 heteroatoms. The van der Waals surface area contributed by atoms with E-state index in [1.807, 2.05) is 0 Å². The molecule has 5 rings (SSSR count). The van der Waals surface area contributed by atoms with Gasteiger partial charge in [-0.15, -0.1) is 0 Å². The zero-order chi connectivity index (χ0) is 35.6. The minimum Gasteiger partial charge on any atom is -0.478 e. The van der Waals surface area contributed by atoms with E-state index in [0.29, 0.717) is 16.7 Å². The van der Waals surface area contributed by atoms with E-state index in [-0.39, 0.29) is 5.41 Å². The van der Waals surface area contributed by atoms with Crippen molar-refractivity contribution in [3.63, 3.8) is 0 Å². The first kappa shape index (κ1) is 38.1. The van der Waals surface area contributed by atoms with E-state index in [2.05, 4.69) is 98.8 Å². The molecule has 0 aromatic heterocycles. The van der Waals surface area contributed by atoms with Gasteiger partial charge in [-0.2, -0.15) is 0 Å². The molecule has 0 aromatic rings. The molecular formula is C47H72O2. The van der Waals surface area contributed by atoms with Gasteiger partial charge in [-0.1, -0.05) is 121 Å². The van der Waals surface area contributed by atoms with E-state index in [1.54, 1.807) is 5.57 Å². The molecule has 0 aliphatic heterocycles. The van der Waals surface area contributed by atoms with Gasteiger partial charge in [0.05, 0.1) is 0 Å². The number of allylic oxidation sites excluding steroid dienone is 11. The second kappa shape index (κ2) is 15.7. The molecule has 0 heterocycles.